The van der Waals surface area contributed by atoms with Crippen LogP contribution >= 0.6 is 7.82 Å². The molecule has 0 aromatic carbocycles. The molecule has 0 saturated heterocycles. The van der Waals surface area contributed by atoms with E-state index in [1.54, 1.807) is 0 Å². The maximum atomic E-state index is 8.88. The minimum absolute atomic E-state index is 0. The van der Waals surface area contributed by atoms with Crippen molar-refractivity contribution in [3.63, 3.8) is 0 Å². The van der Waals surface area contributed by atoms with Crippen LogP contribution in [0, 0.1) is 0 Å². The third-order valence-electron chi connectivity index (χ3n) is 0. The molecule has 0 rings (SSSR count). The fraction of sp³-hybridized carbons (Fsp3) is 0. The van der Waals surface area contributed by atoms with E-state index < -0.39 is 7.82 Å². The van der Waals surface area contributed by atoms with Crippen LogP contribution < -0.4 is 0 Å². The first kappa shape index (κ1) is 29.8. The molecule has 9 heteroatoms. The SMILES string of the molecule is O=P(O)(O)O.[Co].[Ni].[Ti].[Zr]. The molecule has 0 bridgehead atoms. The van der Waals surface area contributed by atoms with Crippen molar-refractivity contribution in [3.05, 3.63) is 0 Å². The third kappa shape index (κ3) is 111. The smallest absolute Gasteiger partial charge is 0.303 e. The summed E-state index contributed by atoms with van der Waals surface area (Å²) in [5, 5.41) is 0. The molecule has 0 unspecified atom stereocenters. The largest absolute Gasteiger partial charge is 0.466 e. The van der Waals surface area contributed by atoms with Gasteiger partial charge in [-0.1, -0.05) is 0 Å². The summed E-state index contributed by atoms with van der Waals surface area (Å²) < 4.78 is 8.88. The molecule has 0 atom stereocenters. The molecule has 0 fully saturated rings. The van der Waals surface area contributed by atoms with E-state index in [-0.39, 0.29) is 81.2 Å². The number of hydrogen-bond acceptors (Lipinski definition) is 1. The molecule has 0 heterocycles. The topological polar surface area (TPSA) is 77.8 Å². The van der Waals surface area contributed by atoms with Gasteiger partial charge < -0.3 is 14.7 Å². The van der Waals surface area contributed by atoms with Crippen molar-refractivity contribution in [2.45, 2.75) is 0 Å². The van der Waals surface area contributed by atoms with Gasteiger partial charge in [0, 0.05) is 81.2 Å². The van der Waals surface area contributed by atoms with E-state index in [9.17, 15) is 0 Å². The Labute approximate surface area is 107 Å². The van der Waals surface area contributed by atoms with Crippen LogP contribution in [-0.4, -0.2) is 14.7 Å². The normalized spacial score (nSPS) is 6.56. The molecule has 0 amide bonds. The van der Waals surface area contributed by atoms with Crippen LogP contribution in [0.5, 0.6) is 0 Å². The van der Waals surface area contributed by atoms with Crippen molar-refractivity contribution in [1.29, 1.82) is 0 Å². The maximum Gasteiger partial charge on any atom is 0.466 e. The van der Waals surface area contributed by atoms with Gasteiger partial charge in [0.25, 0.3) is 0 Å². The Morgan fingerprint density at radius 3 is 1.11 bits per heavy atom. The van der Waals surface area contributed by atoms with Gasteiger partial charge in [0.1, 0.15) is 0 Å². The van der Waals surface area contributed by atoms with Crippen molar-refractivity contribution >= 4 is 7.82 Å². The molecule has 0 aromatic heterocycles. The Hall–Kier alpha value is 2.71. The van der Waals surface area contributed by atoms with E-state index >= 15 is 0 Å². The summed E-state index contributed by atoms with van der Waals surface area (Å²) in [5.74, 6) is 0. The first-order valence-electron chi connectivity index (χ1n) is 0.783. The second kappa shape index (κ2) is 13.3. The molecule has 0 aromatic rings. The molecule has 3 N–H and O–H groups in total. The van der Waals surface area contributed by atoms with Gasteiger partial charge in [-0.25, -0.2) is 4.57 Å². The molecular weight excluding hydrogens is 352 g/mol. The standard InChI is InChI=1S/Co.Ni.H3O4P.Ti.Zr/c;;1-5(2,3)4;;/h;;(H3,1,2,3,4);;. The Morgan fingerprint density at radius 2 is 1.11 bits per heavy atom. The molecule has 0 aliphatic carbocycles. The monoisotopic (exact) mass is 353 g/mol. The Morgan fingerprint density at radius 1 is 1.11 bits per heavy atom. The molecule has 59 valence electrons. The summed E-state index contributed by atoms with van der Waals surface area (Å²) in [5.41, 5.74) is 0. The summed E-state index contributed by atoms with van der Waals surface area (Å²) in [4.78, 5) is 21.6. The van der Waals surface area contributed by atoms with Crippen LogP contribution in [0.1, 0.15) is 0 Å². The Bertz CT molecular complexity index is 66.7. The van der Waals surface area contributed by atoms with Crippen LogP contribution in [0.15, 0.2) is 0 Å². The Balaban J connectivity index is -0.0000000133. The zero-order valence-electron chi connectivity index (χ0n) is 3.85. The second-order valence-electron chi connectivity index (χ2n) is 0.513. The van der Waals surface area contributed by atoms with Gasteiger partial charge in [0.15, 0.2) is 0 Å². The van der Waals surface area contributed by atoms with E-state index in [0.717, 1.165) is 0 Å². The van der Waals surface area contributed by atoms with Gasteiger partial charge in [-0.3, -0.25) is 0 Å². The predicted molar refractivity (Wildman–Crippen MR) is 14.3 cm³/mol. The number of phosphoric acid groups is 1. The summed E-state index contributed by atoms with van der Waals surface area (Å²) >= 11 is 0. The van der Waals surface area contributed by atoms with E-state index in [0.29, 0.717) is 0 Å². The second-order valence-corrected chi connectivity index (χ2v) is 1.54. The van der Waals surface area contributed by atoms with Crippen LogP contribution in [0.4, 0.5) is 0 Å². The minimum Gasteiger partial charge on any atom is -0.303 e. The molecule has 0 aliphatic heterocycles. The van der Waals surface area contributed by atoms with Crippen LogP contribution in [0.3, 0.4) is 0 Å². The van der Waals surface area contributed by atoms with Gasteiger partial charge in [-0.05, 0) is 0 Å². The van der Waals surface area contributed by atoms with Crippen LogP contribution in [-0.2, 0) is 85.8 Å². The van der Waals surface area contributed by atoms with Gasteiger partial charge in [0.05, 0.1) is 0 Å². The molecule has 1 radical (unpaired) electrons. The predicted octanol–water partition coefficient (Wildman–Crippen LogP) is -0.939. The quantitative estimate of drug-likeness (QED) is 0.388. The van der Waals surface area contributed by atoms with E-state index in [4.69, 9.17) is 19.2 Å². The fourth-order valence-electron chi connectivity index (χ4n) is 0. The zero-order chi connectivity index (χ0) is 4.50. The van der Waals surface area contributed by atoms with E-state index in [1.165, 1.54) is 0 Å². The van der Waals surface area contributed by atoms with Crippen molar-refractivity contribution in [2.24, 2.45) is 0 Å². The molecule has 4 nitrogen and oxygen atoms in total. The summed E-state index contributed by atoms with van der Waals surface area (Å²) in [6, 6.07) is 0. The molecule has 0 spiro atoms. The molecule has 0 aliphatic rings. The van der Waals surface area contributed by atoms with Crippen molar-refractivity contribution in [2.75, 3.05) is 0 Å². The van der Waals surface area contributed by atoms with Gasteiger partial charge in [-0.2, -0.15) is 0 Å². The first-order valence-corrected chi connectivity index (χ1v) is 2.35. The summed E-state index contributed by atoms with van der Waals surface area (Å²) in [6.45, 7) is 0. The average molecular weight is 355 g/mol. The number of rotatable bonds is 0. The van der Waals surface area contributed by atoms with Gasteiger partial charge in [-0.15, -0.1) is 0 Å². The minimum atomic E-state index is -4.64. The van der Waals surface area contributed by atoms with Crippen LogP contribution in [0.25, 0.3) is 0 Å². The first-order chi connectivity index (χ1) is 2.00. The molecule has 0 saturated carbocycles. The van der Waals surface area contributed by atoms with Crippen molar-refractivity contribution < 1.29 is 100 Å². The molecule has 9 heavy (non-hydrogen) atoms. The van der Waals surface area contributed by atoms with Gasteiger partial charge in [0.2, 0.25) is 0 Å². The van der Waals surface area contributed by atoms with E-state index in [2.05, 4.69) is 0 Å². The number of hydrogen-bond donors (Lipinski definition) is 3. The van der Waals surface area contributed by atoms with E-state index in [1.807, 2.05) is 0 Å². The zero-order valence-corrected chi connectivity index (χ0v) is 10.8. The molecular formula is H3CoNiO4PTiZr. The maximum absolute atomic E-state index is 8.88. The average Bonchev–Trinajstić information content (AvgIpc) is 0.722. The summed E-state index contributed by atoms with van der Waals surface area (Å²) in [7, 11) is -4.64. The van der Waals surface area contributed by atoms with Gasteiger partial charge >= 0.3 is 7.82 Å². The van der Waals surface area contributed by atoms with Crippen LogP contribution in [0.2, 0.25) is 0 Å². The fourth-order valence-corrected chi connectivity index (χ4v) is 0. The Kier molecular flexibility index (Phi) is 44.1. The van der Waals surface area contributed by atoms with Crippen molar-refractivity contribution in [1.82, 2.24) is 0 Å². The third-order valence-corrected chi connectivity index (χ3v) is 0. The van der Waals surface area contributed by atoms with Crippen molar-refractivity contribution in [3.8, 4) is 0 Å². The summed E-state index contributed by atoms with van der Waals surface area (Å²) in [6.07, 6.45) is 0.